The Morgan fingerprint density at radius 3 is 1.09 bits per heavy atom. The predicted molar refractivity (Wildman–Crippen MR) is 305 cm³/mol. The summed E-state index contributed by atoms with van der Waals surface area (Å²) >= 11 is 0. The van der Waals surface area contributed by atoms with Crippen LogP contribution in [-0.2, 0) is 33.2 Å². The fourth-order valence-corrected chi connectivity index (χ4v) is 11.4. The molecule has 19 heteroatoms. The first-order chi connectivity index (χ1) is 38.8. The summed E-state index contributed by atoms with van der Waals surface area (Å²) in [6.45, 7) is 1.82. The van der Waals surface area contributed by atoms with Crippen molar-refractivity contribution in [1.29, 1.82) is 0 Å². The van der Waals surface area contributed by atoms with Crippen LogP contribution in [0, 0.1) is 0 Å². The monoisotopic (exact) mass is 1150 g/mol. The van der Waals surface area contributed by atoms with Gasteiger partial charge in [-0.15, -0.1) is 0 Å². The second kappa shape index (κ2) is 45.2. The molecular weight excluding hydrogens is 1030 g/mol. The Morgan fingerprint density at radius 2 is 0.713 bits per heavy atom. The van der Waals surface area contributed by atoms with Crippen LogP contribution in [0.3, 0.4) is 0 Å². The molecule has 0 aromatic heterocycles. The van der Waals surface area contributed by atoms with E-state index in [1.54, 1.807) is 0 Å². The molecule has 0 saturated carbocycles. The lowest BCUT2D eigenvalue weighted by molar-refractivity contribution is -0.379. The van der Waals surface area contributed by atoms with Gasteiger partial charge in [0.15, 0.2) is 18.9 Å². The van der Waals surface area contributed by atoms with E-state index in [0.717, 1.165) is 44.9 Å². The van der Waals surface area contributed by atoms with Gasteiger partial charge < -0.3 is 89.9 Å². The van der Waals surface area contributed by atoms with Crippen molar-refractivity contribution in [1.82, 2.24) is 5.32 Å². The zero-order valence-electron chi connectivity index (χ0n) is 49.6. The molecule has 0 aliphatic carbocycles. The third kappa shape index (κ3) is 28.3. The smallest absolute Gasteiger partial charge is 0.220 e. The summed E-state index contributed by atoms with van der Waals surface area (Å²) in [6.07, 6.45) is 17.5. The molecule has 3 fully saturated rings. The van der Waals surface area contributed by atoms with Crippen molar-refractivity contribution in [2.24, 2.45) is 0 Å². The standard InChI is InChI=1S/C61H117NO18/c1-3-5-7-9-11-13-15-17-19-21-23-24-26-28-30-32-34-36-38-45(66)44(62-49(67)39-37-35-33-31-29-27-25-22-20-18-16-14-12-10-8-6-4-2)43-75-59-55(73)52(70)57(47(41-64)77-59)80-61-56(74)53(71)58(48(42-65)78-61)79-60-54(72)51(69)50(68)46(40-63)76-60/h44-48,50-61,63-66,68-74H,3-43H2,1-2H3,(H,62,67). The highest BCUT2D eigenvalue weighted by atomic mass is 16.8. The zero-order valence-corrected chi connectivity index (χ0v) is 49.6. The number of aliphatic hydroxyl groups excluding tert-OH is 11. The highest BCUT2D eigenvalue weighted by Crippen LogP contribution is 2.33. The van der Waals surface area contributed by atoms with Crippen molar-refractivity contribution in [3.63, 3.8) is 0 Å². The number of carbonyl (C=O) groups excluding carboxylic acids is 1. The van der Waals surface area contributed by atoms with E-state index in [9.17, 15) is 61.0 Å². The second-order valence-electron chi connectivity index (χ2n) is 23.6. The van der Waals surface area contributed by atoms with Gasteiger partial charge in [-0.05, 0) is 12.8 Å². The van der Waals surface area contributed by atoms with Crippen LogP contribution in [-0.4, -0.2) is 193 Å². The average molecular weight is 1150 g/mol. The molecule has 0 spiro atoms. The van der Waals surface area contributed by atoms with Crippen molar-refractivity contribution in [2.75, 3.05) is 26.4 Å². The molecule has 0 radical (unpaired) electrons. The Bertz CT molecular complexity index is 1470. The molecule has 17 unspecified atom stereocenters. The molecule has 17 atom stereocenters. The summed E-state index contributed by atoms with van der Waals surface area (Å²) in [5, 5.41) is 120. The Morgan fingerprint density at radius 1 is 0.400 bits per heavy atom. The number of rotatable bonds is 49. The van der Waals surface area contributed by atoms with E-state index in [1.807, 2.05) is 0 Å². The van der Waals surface area contributed by atoms with E-state index in [2.05, 4.69) is 19.2 Å². The fourth-order valence-electron chi connectivity index (χ4n) is 11.4. The molecule has 80 heavy (non-hydrogen) atoms. The number of aliphatic hydroxyl groups is 11. The predicted octanol–water partition coefficient (Wildman–Crippen LogP) is 6.77. The highest BCUT2D eigenvalue weighted by molar-refractivity contribution is 5.76. The van der Waals surface area contributed by atoms with Gasteiger partial charge in [0, 0.05) is 6.42 Å². The molecule has 1 amide bonds. The number of ether oxygens (including phenoxy) is 6. The summed E-state index contributed by atoms with van der Waals surface area (Å²) in [5.74, 6) is -0.238. The van der Waals surface area contributed by atoms with Crippen LogP contribution >= 0.6 is 0 Å². The summed E-state index contributed by atoms with van der Waals surface area (Å²) in [6, 6.07) is -0.880. The minimum atomic E-state index is -1.97. The van der Waals surface area contributed by atoms with Crippen molar-refractivity contribution in [3.05, 3.63) is 0 Å². The summed E-state index contributed by atoms with van der Waals surface area (Å²) in [7, 11) is 0. The Labute approximate surface area is 481 Å². The van der Waals surface area contributed by atoms with Crippen LogP contribution in [0.25, 0.3) is 0 Å². The molecule has 3 heterocycles. The van der Waals surface area contributed by atoms with Crippen molar-refractivity contribution >= 4 is 5.91 Å². The van der Waals surface area contributed by atoms with Crippen LogP contribution in [0.15, 0.2) is 0 Å². The van der Waals surface area contributed by atoms with Gasteiger partial charge in [0.1, 0.15) is 73.2 Å². The maximum absolute atomic E-state index is 13.4. The third-order valence-corrected chi connectivity index (χ3v) is 16.7. The minimum Gasteiger partial charge on any atom is -0.394 e. The van der Waals surface area contributed by atoms with E-state index in [0.29, 0.717) is 12.8 Å². The summed E-state index contributed by atoms with van der Waals surface area (Å²) in [4.78, 5) is 13.4. The molecule has 0 aromatic carbocycles. The van der Waals surface area contributed by atoms with Gasteiger partial charge in [0.2, 0.25) is 5.91 Å². The number of amides is 1. The van der Waals surface area contributed by atoms with Gasteiger partial charge in [0.25, 0.3) is 0 Å². The molecule has 3 aliphatic rings. The second-order valence-corrected chi connectivity index (χ2v) is 23.6. The quantitative estimate of drug-likeness (QED) is 0.0280. The number of hydrogen-bond acceptors (Lipinski definition) is 18. The molecule has 0 bridgehead atoms. The Hall–Kier alpha value is -1.21. The van der Waals surface area contributed by atoms with Crippen LogP contribution in [0.1, 0.15) is 251 Å². The fraction of sp³-hybridized carbons (Fsp3) is 0.984. The maximum atomic E-state index is 13.4. The molecule has 3 saturated heterocycles. The first kappa shape index (κ1) is 73.0. The molecule has 3 aliphatic heterocycles. The largest absolute Gasteiger partial charge is 0.394 e. The van der Waals surface area contributed by atoms with Crippen molar-refractivity contribution in [3.8, 4) is 0 Å². The van der Waals surface area contributed by atoms with Gasteiger partial charge in [-0.3, -0.25) is 4.79 Å². The molecule has 3 rings (SSSR count). The van der Waals surface area contributed by atoms with Crippen molar-refractivity contribution < 1.29 is 89.4 Å². The Balaban J connectivity index is 1.47. The van der Waals surface area contributed by atoms with Crippen molar-refractivity contribution in [2.45, 2.75) is 356 Å². The molecular formula is C61H117NO18. The molecule has 19 nitrogen and oxygen atoms in total. The number of nitrogens with one attached hydrogen (secondary N) is 1. The van der Waals surface area contributed by atoms with E-state index in [4.69, 9.17) is 28.4 Å². The van der Waals surface area contributed by atoms with E-state index < -0.39 is 124 Å². The molecule has 474 valence electrons. The average Bonchev–Trinajstić information content (AvgIpc) is 3.50. The lowest BCUT2D eigenvalue weighted by Gasteiger charge is -2.48. The van der Waals surface area contributed by atoms with Gasteiger partial charge in [-0.2, -0.15) is 0 Å². The maximum Gasteiger partial charge on any atom is 0.220 e. The first-order valence-electron chi connectivity index (χ1n) is 32.3. The van der Waals surface area contributed by atoms with Crippen LogP contribution in [0.2, 0.25) is 0 Å². The zero-order chi connectivity index (χ0) is 58.3. The van der Waals surface area contributed by atoms with Crippen LogP contribution in [0.5, 0.6) is 0 Å². The van der Waals surface area contributed by atoms with Gasteiger partial charge in [-0.1, -0.05) is 232 Å². The topological polar surface area (TPSA) is 307 Å². The van der Waals surface area contributed by atoms with Gasteiger partial charge >= 0.3 is 0 Å². The van der Waals surface area contributed by atoms with E-state index in [1.165, 1.54) is 173 Å². The first-order valence-corrected chi connectivity index (χ1v) is 32.3. The summed E-state index contributed by atoms with van der Waals surface area (Å²) in [5.41, 5.74) is 0. The van der Waals surface area contributed by atoms with Gasteiger partial charge in [0.05, 0.1) is 38.6 Å². The lowest BCUT2D eigenvalue weighted by atomic mass is 9.96. The SMILES string of the molecule is CCCCCCCCCCCCCCCCCCCCC(O)C(COC1OC(CO)C(OC2OC(CO)C(OC3OC(CO)C(O)C(O)C3O)C(O)C2O)C(O)C1O)NC(=O)CCCCCCCCCCCCCCCCCCC. The Kier molecular flexibility index (Phi) is 41.2. The lowest BCUT2D eigenvalue weighted by Crippen LogP contribution is -2.66. The van der Waals surface area contributed by atoms with Crippen LogP contribution in [0.4, 0.5) is 0 Å². The molecule has 0 aromatic rings. The summed E-state index contributed by atoms with van der Waals surface area (Å²) < 4.78 is 34.4. The highest BCUT2D eigenvalue weighted by Gasteiger charge is 2.53. The number of carbonyl (C=O) groups is 1. The van der Waals surface area contributed by atoms with Gasteiger partial charge in [-0.25, -0.2) is 0 Å². The normalized spacial score (nSPS) is 29.9. The molecule has 12 N–H and O–H groups in total. The van der Waals surface area contributed by atoms with E-state index in [-0.39, 0.29) is 18.9 Å². The number of hydrogen-bond donors (Lipinski definition) is 12. The minimum absolute atomic E-state index is 0.238. The number of unbranched alkanes of at least 4 members (excludes halogenated alkanes) is 33. The van der Waals surface area contributed by atoms with E-state index >= 15 is 0 Å². The third-order valence-electron chi connectivity index (χ3n) is 16.7. The van der Waals surface area contributed by atoms with Crippen LogP contribution < -0.4 is 5.32 Å².